The summed E-state index contributed by atoms with van der Waals surface area (Å²) in [6, 6.07) is 19.9. The Hall–Kier alpha value is -1.54. The predicted octanol–water partition coefficient (Wildman–Crippen LogP) is 1.39. The molecule has 1 saturated heterocycles. The molecule has 2 aromatic rings. The Morgan fingerprint density at radius 1 is 0.821 bits per heavy atom. The smallest absolute Gasteiger partial charge is 0.261 e. The third kappa shape index (κ3) is 3.68. The third-order valence-corrected chi connectivity index (χ3v) is 10.6. The molecule has 0 bridgehead atoms. The van der Waals surface area contributed by atoms with E-state index in [2.05, 4.69) is 20.8 Å². The van der Waals surface area contributed by atoms with E-state index in [1.807, 2.05) is 60.7 Å². The minimum Gasteiger partial charge on any atom is -0.396 e. The maximum Gasteiger partial charge on any atom is 0.261 e. The molecule has 0 aromatic heterocycles. The first kappa shape index (κ1) is 21.2. The van der Waals surface area contributed by atoms with Crippen LogP contribution in [-0.4, -0.2) is 54.3 Å². The monoisotopic (exact) mass is 402 g/mol. The van der Waals surface area contributed by atoms with Crippen LogP contribution in [0, 0.1) is 0 Å². The fourth-order valence-electron chi connectivity index (χ4n) is 4.04. The van der Waals surface area contributed by atoms with Crippen molar-refractivity contribution in [2.75, 3.05) is 0 Å². The number of aliphatic hydroxyl groups excluding tert-OH is 3. The Labute approximate surface area is 167 Å². The molecule has 152 valence electrons. The average Bonchev–Trinajstić information content (AvgIpc) is 2.67. The maximum absolute atomic E-state index is 10.7. The van der Waals surface area contributed by atoms with Crippen LogP contribution in [-0.2, 0) is 9.16 Å². The Morgan fingerprint density at radius 2 is 1.29 bits per heavy atom. The van der Waals surface area contributed by atoms with Gasteiger partial charge in [-0.25, -0.2) is 0 Å². The molecule has 1 fully saturated rings. The zero-order valence-corrected chi connectivity index (χ0v) is 17.8. The van der Waals surface area contributed by atoms with E-state index in [9.17, 15) is 15.3 Å². The number of benzene rings is 2. The molecule has 28 heavy (non-hydrogen) atoms. The van der Waals surface area contributed by atoms with Gasteiger partial charge in [0.15, 0.2) is 6.29 Å². The number of hydrogen-bond donors (Lipinski definition) is 3. The Morgan fingerprint density at radius 3 is 1.71 bits per heavy atom. The van der Waals surface area contributed by atoms with Crippen LogP contribution < -0.4 is 10.4 Å². The summed E-state index contributed by atoms with van der Waals surface area (Å²) >= 11 is 0. The van der Waals surface area contributed by atoms with E-state index < -0.39 is 39.0 Å². The van der Waals surface area contributed by atoms with Gasteiger partial charge >= 0.3 is 0 Å². The number of aliphatic hydroxyl groups is 3. The minimum absolute atomic E-state index is 0.316. The first-order valence-corrected chi connectivity index (χ1v) is 11.6. The summed E-state index contributed by atoms with van der Waals surface area (Å²) < 4.78 is 12.2. The van der Waals surface area contributed by atoms with Gasteiger partial charge in [-0.15, -0.1) is 0 Å². The second-order valence-electron chi connectivity index (χ2n) is 8.46. The van der Waals surface area contributed by atoms with E-state index in [1.54, 1.807) is 6.92 Å². The number of hydrogen-bond acceptors (Lipinski definition) is 5. The van der Waals surface area contributed by atoms with Crippen molar-refractivity contribution < 1.29 is 24.5 Å². The van der Waals surface area contributed by atoms with E-state index in [1.165, 1.54) is 0 Å². The van der Waals surface area contributed by atoms with E-state index in [4.69, 9.17) is 9.16 Å². The van der Waals surface area contributed by atoms with Crippen LogP contribution in [0.15, 0.2) is 60.7 Å². The number of ether oxygens (including phenoxy) is 1. The maximum atomic E-state index is 10.7. The lowest BCUT2D eigenvalue weighted by atomic mass is 10.0. The van der Waals surface area contributed by atoms with Crippen LogP contribution >= 0.6 is 0 Å². The van der Waals surface area contributed by atoms with Crippen molar-refractivity contribution in [3.63, 3.8) is 0 Å². The van der Waals surface area contributed by atoms with Crippen LogP contribution in [0.25, 0.3) is 0 Å². The zero-order chi connectivity index (χ0) is 20.5. The van der Waals surface area contributed by atoms with Crippen LogP contribution in [0.1, 0.15) is 27.7 Å². The lowest BCUT2D eigenvalue weighted by Gasteiger charge is -2.49. The summed E-state index contributed by atoms with van der Waals surface area (Å²) in [5.74, 6) is 0. The molecule has 0 unspecified atom stereocenters. The van der Waals surface area contributed by atoms with Gasteiger partial charge in [0, 0.05) is 0 Å². The van der Waals surface area contributed by atoms with Gasteiger partial charge in [-0.05, 0) is 22.3 Å². The van der Waals surface area contributed by atoms with E-state index in [0.29, 0.717) is 0 Å². The molecule has 3 rings (SSSR count). The summed E-state index contributed by atoms with van der Waals surface area (Å²) in [6.07, 6.45) is -5.44. The highest BCUT2D eigenvalue weighted by atomic mass is 28.4. The van der Waals surface area contributed by atoms with Crippen molar-refractivity contribution in [1.29, 1.82) is 0 Å². The molecule has 1 heterocycles. The fourth-order valence-corrected chi connectivity index (χ4v) is 8.72. The summed E-state index contributed by atoms with van der Waals surface area (Å²) in [6.45, 7) is 7.96. The molecular formula is C22H30O5Si. The first-order valence-electron chi connectivity index (χ1n) is 9.67. The molecule has 0 spiro atoms. The molecule has 0 aliphatic carbocycles. The molecule has 0 amide bonds. The second-order valence-corrected chi connectivity index (χ2v) is 12.7. The van der Waals surface area contributed by atoms with Crippen LogP contribution in [0.3, 0.4) is 0 Å². The first-order chi connectivity index (χ1) is 13.2. The molecule has 1 aliphatic heterocycles. The highest BCUT2D eigenvalue weighted by molar-refractivity contribution is 6.99. The zero-order valence-electron chi connectivity index (χ0n) is 16.8. The van der Waals surface area contributed by atoms with Crippen molar-refractivity contribution in [3.05, 3.63) is 60.7 Å². The van der Waals surface area contributed by atoms with Gasteiger partial charge in [0.2, 0.25) is 0 Å². The standard InChI is InChI=1S/C22H30O5Si/c1-15-18(23)19(24)20(21(25)26-15)27-28(22(2,3)4,16-11-7-5-8-12-16)17-13-9-6-10-14-17/h5-15,18-21,23-25H,1-4H3/t15-,18+,19+,20-,21+/m0/s1. The molecular weight excluding hydrogens is 372 g/mol. The molecule has 6 heteroatoms. The topological polar surface area (TPSA) is 79.2 Å². The molecule has 0 saturated carbocycles. The van der Waals surface area contributed by atoms with Gasteiger partial charge in [-0.3, -0.25) is 0 Å². The Kier molecular flexibility index (Phi) is 6.10. The number of rotatable bonds is 4. The van der Waals surface area contributed by atoms with Crippen molar-refractivity contribution in [3.8, 4) is 0 Å². The Balaban J connectivity index is 2.16. The van der Waals surface area contributed by atoms with Crippen molar-refractivity contribution in [1.82, 2.24) is 0 Å². The molecule has 0 radical (unpaired) electrons. The molecule has 2 aromatic carbocycles. The third-order valence-electron chi connectivity index (χ3n) is 5.53. The predicted molar refractivity (Wildman–Crippen MR) is 111 cm³/mol. The van der Waals surface area contributed by atoms with Crippen LogP contribution in [0.5, 0.6) is 0 Å². The summed E-state index contributed by atoms with van der Waals surface area (Å²) in [7, 11) is -2.98. The molecule has 1 aliphatic rings. The lowest BCUT2D eigenvalue weighted by Crippen LogP contribution is -2.71. The van der Waals surface area contributed by atoms with E-state index in [-0.39, 0.29) is 5.04 Å². The average molecular weight is 403 g/mol. The van der Waals surface area contributed by atoms with Gasteiger partial charge in [0.25, 0.3) is 8.32 Å². The van der Waals surface area contributed by atoms with Crippen molar-refractivity contribution in [2.24, 2.45) is 0 Å². The minimum atomic E-state index is -2.98. The van der Waals surface area contributed by atoms with Crippen molar-refractivity contribution in [2.45, 2.75) is 63.4 Å². The van der Waals surface area contributed by atoms with Gasteiger partial charge in [-0.1, -0.05) is 81.4 Å². The highest BCUT2D eigenvalue weighted by Gasteiger charge is 2.55. The van der Waals surface area contributed by atoms with E-state index >= 15 is 0 Å². The largest absolute Gasteiger partial charge is 0.396 e. The fraction of sp³-hybridized carbons (Fsp3) is 0.455. The van der Waals surface area contributed by atoms with Gasteiger partial charge in [-0.2, -0.15) is 0 Å². The highest BCUT2D eigenvalue weighted by Crippen LogP contribution is 2.39. The van der Waals surface area contributed by atoms with Crippen LogP contribution in [0.4, 0.5) is 0 Å². The molecule has 5 atom stereocenters. The summed E-state index contributed by atoms with van der Waals surface area (Å²) in [4.78, 5) is 0. The van der Waals surface area contributed by atoms with Gasteiger partial charge in [0.05, 0.1) is 6.10 Å². The quantitative estimate of drug-likeness (QED) is 0.674. The van der Waals surface area contributed by atoms with E-state index in [0.717, 1.165) is 10.4 Å². The molecule has 3 N–H and O–H groups in total. The second kappa shape index (κ2) is 8.06. The van der Waals surface area contributed by atoms with Gasteiger partial charge in [0.1, 0.15) is 18.3 Å². The lowest BCUT2D eigenvalue weighted by molar-refractivity contribution is -0.273. The summed E-state index contributed by atoms with van der Waals surface area (Å²) in [5, 5.41) is 33.3. The molecule has 5 nitrogen and oxygen atoms in total. The summed E-state index contributed by atoms with van der Waals surface area (Å²) in [5.41, 5.74) is 0. The van der Waals surface area contributed by atoms with Crippen LogP contribution in [0.2, 0.25) is 5.04 Å². The normalized spacial score (nSPS) is 28.9. The SMILES string of the molecule is C[C@@H]1O[C@@H](O)[C@@H](O[Si](c2ccccc2)(c2ccccc2)C(C)(C)C)[C@H](O)[C@@H]1O. The van der Waals surface area contributed by atoms with Crippen molar-refractivity contribution >= 4 is 18.7 Å². The Bertz CT molecular complexity index is 722. The van der Waals surface area contributed by atoms with Gasteiger partial charge < -0.3 is 24.5 Å².